The van der Waals surface area contributed by atoms with Gasteiger partial charge >= 0.3 is 0 Å². The summed E-state index contributed by atoms with van der Waals surface area (Å²) in [4.78, 5) is 0. The Morgan fingerprint density at radius 2 is 1.76 bits per heavy atom. The van der Waals surface area contributed by atoms with Crippen LogP contribution < -0.4 is 0 Å². The van der Waals surface area contributed by atoms with Crippen LogP contribution in [0.1, 0.15) is 38.9 Å². The van der Waals surface area contributed by atoms with Gasteiger partial charge in [0, 0.05) is 35.0 Å². The molecule has 0 aliphatic carbocycles. The molecule has 21 heavy (non-hydrogen) atoms. The predicted molar refractivity (Wildman–Crippen MR) is 89.8 cm³/mol. The van der Waals surface area contributed by atoms with Crippen molar-refractivity contribution in [3.8, 4) is 0 Å². The van der Waals surface area contributed by atoms with Crippen LogP contribution in [0.5, 0.6) is 0 Å². The van der Waals surface area contributed by atoms with Crippen molar-refractivity contribution >= 4 is 21.8 Å². The molecule has 0 N–H and O–H groups in total. The lowest BCUT2D eigenvalue weighted by Gasteiger charge is -2.13. The molecule has 0 saturated carbocycles. The van der Waals surface area contributed by atoms with Crippen LogP contribution in [0.15, 0.2) is 42.5 Å². The number of aromatic nitrogens is 1. The third-order valence-corrected chi connectivity index (χ3v) is 4.15. The van der Waals surface area contributed by atoms with E-state index >= 15 is 0 Å². The highest BCUT2D eigenvalue weighted by molar-refractivity contribution is 6.08. The Hall–Kier alpha value is -1.80. The Balaban J connectivity index is 2.15. The van der Waals surface area contributed by atoms with Crippen LogP contribution in [0.2, 0.25) is 0 Å². The Bertz CT molecular complexity index is 757. The Morgan fingerprint density at radius 1 is 1.00 bits per heavy atom. The number of hydrogen-bond donors (Lipinski definition) is 0. The van der Waals surface area contributed by atoms with E-state index in [1.807, 2.05) is 0 Å². The largest absolute Gasteiger partial charge is 0.374 e. The Labute approximate surface area is 126 Å². The van der Waals surface area contributed by atoms with Crippen molar-refractivity contribution in [2.75, 3.05) is 6.61 Å². The van der Waals surface area contributed by atoms with E-state index in [4.69, 9.17) is 4.74 Å². The fraction of sp³-hybridized carbons (Fsp3) is 0.368. The third-order valence-electron chi connectivity index (χ3n) is 4.15. The first-order valence-corrected chi connectivity index (χ1v) is 7.88. The molecule has 0 bridgehead atoms. The molecule has 0 aliphatic heterocycles. The van der Waals surface area contributed by atoms with Crippen molar-refractivity contribution in [2.24, 2.45) is 0 Å². The molecular weight excluding hydrogens is 258 g/mol. The van der Waals surface area contributed by atoms with E-state index in [1.54, 1.807) is 0 Å². The third kappa shape index (κ3) is 2.44. The van der Waals surface area contributed by atoms with Crippen LogP contribution in [0.3, 0.4) is 0 Å². The van der Waals surface area contributed by atoms with E-state index in [2.05, 4.69) is 67.8 Å². The maximum absolute atomic E-state index is 5.86. The van der Waals surface area contributed by atoms with Gasteiger partial charge in [-0.2, -0.15) is 0 Å². The highest BCUT2D eigenvalue weighted by Gasteiger charge is 2.12. The molecule has 0 unspecified atom stereocenters. The first kappa shape index (κ1) is 14.2. The fourth-order valence-electron chi connectivity index (χ4n) is 3.06. The van der Waals surface area contributed by atoms with Gasteiger partial charge in [-0.3, -0.25) is 0 Å². The number of benzene rings is 2. The summed E-state index contributed by atoms with van der Waals surface area (Å²) in [7, 11) is 0. The van der Waals surface area contributed by atoms with E-state index in [1.165, 1.54) is 27.4 Å². The van der Waals surface area contributed by atoms with Crippen LogP contribution in [0, 0.1) is 0 Å². The van der Waals surface area contributed by atoms with Gasteiger partial charge in [-0.25, -0.2) is 0 Å². The molecule has 1 heterocycles. The maximum Gasteiger partial charge on any atom is 0.0797 e. The van der Waals surface area contributed by atoms with Crippen molar-refractivity contribution in [1.82, 2.24) is 4.57 Å². The van der Waals surface area contributed by atoms with Crippen LogP contribution in [0.25, 0.3) is 21.8 Å². The molecule has 3 aromatic rings. The fourth-order valence-corrected chi connectivity index (χ4v) is 3.06. The molecule has 1 aromatic heterocycles. The molecule has 1 atom stereocenters. The lowest BCUT2D eigenvalue weighted by atomic mass is 10.1. The topological polar surface area (TPSA) is 14.2 Å². The van der Waals surface area contributed by atoms with Crippen molar-refractivity contribution < 1.29 is 4.74 Å². The molecule has 2 heteroatoms. The van der Waals surface area contributed by atoms with Crippen molar-refractivity contribution in [1.29, 1.82) is 0 Å². The Kier molecular flexibility index (Phi) is 3.98. The molecule has 3 rings (SSSR count). The number of aryl methyl sites for hydroxylation is 1. The maximum atomic E-state index is 5.86. The highest BCUT2D eigenvalue weighted by atomic mass is 16.5. The number of ether oxygens (including phenoxy) is 1. The second-order valence-corrected chi connectivity index (χ2v) is 5.55. The summed E-state index contributed by atoms with van der Waals surface area (Å²) in [6.07, 6.45) is 1.21. The van der Waals surface area contributed by atoms with Gasteiger partial charge in [0.2, 0.25) is 0 Å². The van der Waals surface area contributed by atoms with Crippen LogP contribution >= 0.6 is 0 Å². The van der Waals surface area contributed by atoms with Gasteiger partial charge in [0.1, 0.15) is 0 Å². The average Bonchev–Trinajstić information content (AvgIpc) is 2.85. The molecule has 2 nitrogen and oxygen atoms in total. The molecule has 0 aliphatic rings. The van der Waals surface area contributed by atoms with Crippen LogP contribution in [0.4, 0.5) is 0 Å². The number of fused-ring (bicyclic) bond motifs is 3. The van der Waals surface area contributed by atoms with Gasteiger partial charge in [0.05, 0.1) is 6.10 Å². The van der Waals surface area contributed by atoms with Gasteiger partial charge in [0.15, 0.2) is 0 Å². The number of para-hydroxylation sites is 1. The van der Waals surface area contributed by atoms with E-state index in [0.29, 0.717) is 0 Å². The summed E-state index contributed by atoms with van der Waals surface area (Å²) >= 11 is 0. The number of rotatable bonds is 5. The van der Waals surface area contributed by atoms with Gasteiger partial charge in [-0.1, -0.05) is 31.2 Å². The van der Waals surface area contributed by atoms with Gasteiger partial charge in [-0.15, -0.1) is 0 Å². The summed E-state index contributed by atoms with van der Waals surface area (Å²) in [6, 6.07) is 15.4. The normalized spacial score (nSPS) is 13.1. The van der Waals surface area contributed by atoms with Gasteiger partial charge in [0.25, 0.3) is 0 Å². The minimum absolute atomic E-state index is 0.151. The summed E-state index contributed by atoms with van der Waals surface area (Å²) in [5.74, 6) is 0. The van der Waals surface area contributed by atoms with Crippen molar-refractivity contribution in [3.05, 3.63) is 48.0 Å². The molecule has 2 aromatic carbocycles. The summed E-state index contributed by atoms with van der Waals surface area (Å²) in [5.41, 5.74) is 3.88. The summed E-state index contributed by atoms with van der Waals surface area (Å²) < 4.78 is 8.25. The lowest BCUT2D eigenvalue weighted by molar-refractivity contribution is 0.0663. The summed E-state index contributed by atoms with van der Waals surface area (Å²) in [5, 5.41) is 2.66. The predicted octanol–water partition coefficient (Wildman–Crippen LogP) is 5.30. The molecular formula is C19H23NO. The van der Waals surface area contributed by atoms with Crippen molar-refractivity contribution in [2.45, 2.75) is 39.8 Å². The van der Waals surface area contributed by atoms with Gasteiger partial charge in [-0.05, 0) is 44.0 Å². The molecule has 0 spiro atoms. The molecule has 110 valence electrons. The molecule has 0 radical (unpaired) electrons. The number of nitrogens with zero attached hydrogens (tertiary/aromatic N) is 1. The number of hydrogen-bond acceptors (Lipinski definition) is 1. The van der Waals surface area contributed by atoms with E-state index in [9.17, 15) is 0 Å². The summed E-state index contributed by atoms with van der Waals surface area (Å²) in [6.45, 7) is 8.29. The first-order chi connectivity index (χ1) is 10.3. The van der Waals surface area contributed by atoms with Crippen LogP contribution in [-0.2, 0) is 11.3 Å². The quantitative estimate of drug-likeness (QED) is 0.619. The minimum Gasteiger partial charge on any atom is -0.374 e. The second kappa shape index (κ2) is 5.90. The zero-order valence-corrected chi connectivity index (χ0v) is 13.1. The van der Waals surface area contributed by atoms with Gasteiger partial charge < -0.3 is 9.30 Å². The Morgan fingerprint density at radius 3 is 2.52 bits per heavy atom. The smallest absolute Gasteiger partial charge is 0.0797 e. The van der Waals surface area contributed by atoms with Crippen molar-refractivity contribution in [3.63, 3.8) is 0 Å². The van der Waals surface area contributed by atoms with E-state index < -0.39 is 0 Å². The SMILES string of the molecule is CCCO[C@@H](C)c1ccc2c(c1)c1ccccc1n2CC. The monoisotopic (exact) mass is 281 g/mol. The zero-order valence-electron chi connectivity index (χ0n) is 13.1. The zero-order chi connectivity index (χ0) is 14.8. The molecule has 0 fully saturated rings. The second-order valence-electron chi connectivity index (χ2n) is 5.55. The molecule has 0 saturated heterocycles. The highest BCUT2D eigenvalue weighted by Crippen LogP contribution is 2.31. The van der Waals surface area contributed by atoms with E-state index in [0.717, 1.165) is 19.6 Å². The molecule has 0 amide bonds. The first-order valence-electron chi connectivity index (χ1n) is 7.88. The standard InChI is InChI=1S/C19H23NO/c1-4-12-21-14(3)15-10-11-19-17(13-15)16-8-6-7-9-18(16)20(19)5-2/h6-11,13-14H,4-5,12H2,1-3H3/t14-/m0/s1. The van der Waals surface area contributed by atoms with E-state index in [-0.39, 0.29) is 6.10 Å². The minimum atomic E-state index is 0.151. The lowest BCUT2D eigenvalue weighted by Crippen LogP contribution is -2.01. The van der Waals surface area contributed by atoms with Crippen LogP contribution in [-0.4, -0.2) is 11.2 Å². The average molecular weight is 281 g/mol.